The van der Waals surface area contributed by atoms with Gasteiger partial charge in [-0.15, -0.1) is 0 Å². The third-order valence-corrected chi connectivity index (χ3v) is 3.61. The lowest BCUT2D eigenvalue weighted by Crippen LogP contribution is -2.32. The first-order chi connectivity index (χ1) is 9.54. The van der Waals surface area contributed by atoms with E-state index in [2.05, 4.69) is 0 Å². The lowest BCUT2D eigenvalue weighted by Gasteiger charge is -2.23. The predicted molar refractivity (Wildman–Crippen MR) is 68.3 cm³/mol. The molecule has 1 fully saturated rings. The maximum atomic E-state index is 13.4. The van der Waals surface area contributed by atoms with E-state index in [1.165, 1.54) is 0 Å². The molecule has 0 N–H and O–H groups in total. The van der Waals surface area contributed by atoms with Gasteiger partial charge < -0.3 is 4.74 Å². The summed E-state index contributed by atoms with van der Waals surface area (Å²) in [5.41, 5.74) is -0.0360. The number of rotatable bonds is 3. The van der Waals surface area contributed by atoms with E-state index >= 15 is 0 Å². The first-order valence-electron chi connectivity index (χ1n) is 6.24. The second kappa shape index (κ2) is 6.29. The molecule has 2 atom stereocenters. The quantitative estimate of drug-likeness (QED) is 0.804. The third kappa shape index (κ3) is 2.97. The van der Waals surface area contributed by atoms with Crippen molar-refractivity contribution >= 4 is 17.4 Å². The average molecular weight is 300 g/mol. The molecule has 0 saturated carbocycles. The van der Waals surface area contributed by atoms with Gasteiger partial charge in [-0.25, -0.2) is 8.78 Å². The molecular formula is C14H12ClF2NO2. The number of ketones is 1. The number of benzene rings is 1. The fraction of sp³-hybridized carbons (Fsp3) is 0.429. The fourth-order valence-electron chi connectivity index (χ4n) is 2.20. The molecule has 1 saturated heterocycles. The molecule has 2 rings (SSSR count). The molecule has 1 aliphatic heterocycles. The highest BCUT2D eigenvalue weighted by atomic mass is 35.5. The van der Waals surface area contributed by atoms with Gasteiger partial charge in [0.2, 0.25) is 0 Å². The summed E-state index contributed by atoms with van der Waals surface area (Å²) in [4.78, 5) is 12.2. The minimum absolute atomic E-state index is 0.0360. The summed E-state index contributed by atoms with van der Waals surface area (Å²) in [7, 11) is 0. The Hall–Kier alpha value is -1.51. The first kappa shape index (κ1) is 14.9. The molecule has 1 heterocycles. The number of hydrogen-bond donors (Lipinski definition) is 0. The van der Waals surface area contributed by atoms with Gasteiger partial charge in [0, 0.05) is 6.61 Å². The number of carbonyl (C=O) groups excluding carboxylic acids is 1. The van der Waals surface area contributed by atoms with E-state index in [1.54, 1.807) is 6.07 Å². The van der Waals surface area contributed by atoms with Crippen molar-refractivity contribution in [2.45, 2.75) is 31.3 Å². The molecule has 2 unspecified atom stereocenters. The van der Waals surface area contributed by atoms with Crippen LogP contribution in [0.2, 0.25) is 5.02 Å². The van der Waals surface area contributed by atoms with Crippen LogP contribution in [0.5, 0.6) is 0 Å². The maximum Gasteiger partial charge on any atom is 0.183 e. The van der Waals surface area contributed by atoms with Crippen molar-refractivity contribution in [2.75, 3.05) is 6.61 Å². The Bertz CT molecular complexity index is 542. The van der Waals surface area contributed by atoms with E-state index < -0.39 is 34.5 Å². The van der Waals surface area contributed by atoms with E-state index in [0.29, 0.717) is 13.0 Å². The van der Waals surface area contributed by atoms with Crippen LogP contribution in [-0.4, -0.2) is 18.5 Å². The Morgan fingerprint density at radius 3 is 2.55 bits per heavy atom. The van der Waals surface area contributed by atoms with Crippen LogP contribution in [0, 0.1) is 23.0 Å². The van der Waals surface area contributed by atoms with Crippen LogP contribution in [0.4, 0.5) is 8.78 Å². The SMILES string of the molecule is N#CC(C(=O)C1CCCCO1)c1cc(F)c(Cl)c(F)c1. The van der Waals surface area contributed by atoms with Crippen LogP contribution < -0.4 is 0 Å². The number of Topliss-reactive ketones (excluding diaryl/α,β-unsaturated/α-hetero) is 1. The van der Waals surface area contributed by atoms with E-state index in [4.69, 9.17) is 21.6 Å². The second-order valence-corrected chi connectivity index (χ2v) is 5.00. The fourth-order valence-corrected chi connectivity index (χ4v) is 2.30. The van der Waals surface area contributed by atoms with Crippen molar-refractivity contribution in [1.82, 2.24) is 0 Å². The molecule has 0 aromatic heterocycles. The summed E-state index contributed by atoms with van der Waals surface area (Å²) in [6.45, 7) is 0.456. The minimum Gasteiger partial charge on any atom is -0.370 e. The van der Waals surface area contributed by atoms with Gasteiger partial charge in [0.25, 0.3) is 0 Å². The van der Waals surface area contributed by atoms with Gasteiger partial charge in [0.15, 0.2) is 5.78 Å². The van der Waals surface area contributed by atoms with Gasteiger partial charge >= 0.3 is 0 Å². The van der Waals surface area contributed by atoms with Crippen LogP contribution >= 0.6 is 11.6 Å². The van der Waals surface area contributed by atoms with E-state index in [1.807, 2.05) is 0 Å². The van der Waals surface area contributed by atoms with Gasteiger partial charge in [-0.2, -0.15) is 5.26 Å². The normalized spacial score (nSPS) is 20.2. The van der Waals surface area contributed by atoms with Gasteiger partial charge in [0.05, 0.1) is 6.07 Å². The van der Waals surface area contributed by atoms with Crippen molar-refractivity contribution in [3.63, 3.8) is 0 Å². The smallest absolute Gasteiger partial charge is 0.183 e. The second-order valence-electron chi connectivity index (χ2n) is 4.62. The highest BCUT2D eigenvalue weighted by Gasteiger charge is 2.31. The minimum atomic E-state index is -1.25. The van der Waals surface area contributed by atoms with Crippen LogP contribution in [0.1, 0.15) is 30.7 Å². The van der Waals surface area contributed by atoms with Crippen molar-refractivity contribution in [3.05, 3.63) is 34.4 Å². The molecule has 0 aliphatic carbocycles. The summed E-state index contributed by atoms with van der Waals surface area (Å²) in [5.74, 6) is -3.69. The molecule has 0 spiro atoms. The van der Waals surface area contributed by atoms with Gasteiger partial charge in [0.1, 0.15) is 28.7 Å². The number of ether oxygens (including phenoxy) is 1. The van der Waals surface area contributed by atoms with Crippen LogP contribution in [0.3, 0.4) is 0 Å². The summed E-state index contributed by atoms with van der Waals surface area (Å²) >= 11 is 5.38. The molecule has 1 aliphatic rings. The third-order valence-electron chi connectivity index (χ3n) is 3.25. The van der Waals surface area contributed by atoms with Crippen molar-refractivity contribution in [2.24, 2.45) is 0 Å². The van der Waals surface area contributed by atoms with Gasteiger partial charge in [-0.1, -0.05) is 11.6 Å². The van der Waals surface area contributed by atoms with Gasteiger partial charge in [-0.05, 0) is 37.0 Å². The summed E-state index contributed by atoms with van der Waals surface area (Å²) in [6.07, 6.45) is 1.54. The summed E-state index contributed by atoms with van der Waals surface area (Å²) in [5, 5.41) is 8.48. The molecule has 6 heteroatoms. The van der Waals surface area contributed by atoms with Crippen LogP contribution in [-0.2, 0) is 9.53 Å². The van der Waals surface area contributed by atoms with Crippen molar-refractivity contribution in [1.29, 1.82) is 5.26 Å². The molecule has 1 aromatic rings. The molecule has 3 nitrogen and oxygen atoms in total. The summed E-state index contributed by atoms with van der Waals surface area (Å²) in [6, 6.07) is 3.62. The summed E-state index contributed by atoms with van der Waals surface area (Å²) < 4.78 is 32.2. The lowest BCUT2D eigenvalue weighted by molar-refractivity contribution is -0.133. The lowest BCUT2D eigenvalue weighted by atomic mass is 9.90. The highest BCUT2D eigenvalue weighted by Crippen LogP contribution is 2.28. The molecule has 106 valence electrons. The van der Waals surface area contributed by atoms with Crippen molar-refractivity contribution in [3.8, 4) is 6.07 Å². The number of hydrogen-bond acceptors (Lipinski definition) is 3. The van der Waals surface area contributed by atoms with Gasteiger partial charge in [-0.3, -0.25) is 4.79 Å². The molecule has 1 aromatic carbocycles. The Balaban J connectivity index is 2.28. The highest BCUT2D eigenvalue weighted by molar-refractivity contribution is 6.30. The monoisotopic (exact) mass is 299 g/mol. The van der Waals surface area contributed by atoms with E-state index in [-0.39, 0.29) is 5.56 Å². The van der Waals surface area contributed by atoms with Crippen molar-refractivity contribution < 1.29 is 18.3 Å². The van der Waals surface area contributed by atoms with Crippen LogP contribution in [0.25, 0.3) is 0 Å². The number of nitriles is 1. The zero-order chi connectivity index (χ0) is 14.7. The molecule has 20 heavy (non-hydrogen) atoms. The average Bonchev–Trinajstić information content (AvgIpc) is 2.46. The zero-order valence-corrected chi connectivity index (χ0v) is 11.3. The Morgan fingerprint density at radius 2 is 2.05 bits per heavy atom. The topological polar surface area (TPSA) is 50.1 Å². The zero-order valence-electron chi connectivity index (χ0n) is 10.5. The number of nitrogens with zero attached hydrogens (tertiary/aromatic N) is 1. The number of halogens is 3. The largest absolute Gasteiger partial charge is 0.370 e. The molecular weight excluding hydrogens is 288 g/mol. The van der Waals surface area contributed by atoms with E-state index in [9.17, 15) is 13.6 Å². The molecule has 0 amide bonds. The Morgan fingerprint density at radius 1 is 1.40 bits per heavy atom. The Kier molecular flexibility index (Phi) is 4.69. The maximum absolute atomic E-state index is 13.4. The first-order valence-corrected chi connectivity index (χ1v) is 6.61. The standard InChI is InChI=1S/C14H12ClF2NO2/c15-13-10(16)5-8(6-11(13)17)9(7-18)14(19)12-3-1-2-4-20-12/h5-6,9,12H,1-4H2. The number of carbonyl (C=O) groups is 1. The molecule has 0 radical (unpaired) electrons. The Labute approximate surface area is 120 Å². The molecule has 0 bridgehead atoms. The van der Waals surface area contributed by atoms with E-state index in [0.717, 1.165) is 25.0 Å². The predicted octanol–water partition coefficient (Wildman–Crippen LogP) is 3.36. The van der Waals surface area contributed by atoms with Crippen LogP contribution in [0.15, 0.2) is 12.1 Å².